The summed E-state index contributed by atoms with van der Waals surface area (Å²) < 4.78 is 12.6. The van der Waals surface area contributed by atoms with Crippen molar-refractivity contribution in [3.63, 3.8) is 0 Å². The molecule has 0 aliphatic carbocycles. The number of benzene rings is 2. The van der Waals surface area contributed by atoms with E-state index in [1.807, 2.05) is 18.2 Å². The summed E-state index contributed by atoms with van der Waals surface area (Å²) in [6, 6.07) is 12.3. The Labute approximate surface area is 178 Å². The number of aromatic amines is 1. The number of carbonyl (C=O) groups excluding carboxylic acids is 1. The number of nitrogens with zero attached hydrogens (tertiary/aromatic N) is 2. The summed E-state index contributed by atoms with van der Waals surface area (Å²) in [4.78, 5) is 40.0. The van der Waals surface area contributed by atoms with Crippen molar-refractivity contribution in [3.05, 3.63) is 68.7 Å². The zero-order valence-electron chi connectivity index (χ0n) is 17.0. The van der Waals surface area contributed by atoms with Crippen LogP contribution in [-0.4, -0.2) is 40.3 Å². The summed E-state index contributed by atoms with van der Waals surface area (Å²) in [7, 11) is 0. The lowest BCUT2D eigenvalue weighted by molar-refractivity contribution is -0.133. The minimum atomic E-state index is -0.385. The first-order valence-electron chi connectivity index (χ1n) is 10.5. The average molecular weight is 421 g/mol. The number of carbonyl (C=O) groups is 1. The molecule has 3 heterocycles. The van der Waals surface area contributed by atoms with Gasteiger partial charge in [-0.25, -0.2) is 4.68 Å². The predicted octanol–water partition coefficient (Wildman–Crippen LogP) is 2.21. The van der Waals surface area contributed by atoms with Gasteiger partial charge in [0.1, 0.15) is 6.54 Å². The Bertz CT molecular complexity index is 1260. The van der Waals surface area contributed by atoms with Crippen LogP contribution in [-0.2, 0) is 11.3 Å². The number of rotatable bonds is 3. The molecule has 2 aliphatic heterocycles. The van der Waals surface area contributed by atoms with E-state index in [9.17, 15) is 14.4 Å². The minimum Gasteiger partial charge on any atom is -0.490 e. The Morgan fingerprint density at radius 1 is 1.00 bits per heavy atom. The number of H-pyrrole nitrogens is 1. The fourth-order valence-corrected chi connectivity index (χ4v) is 4.38. The van der Waals surface area contributed by atoms with Gasteiger partial charge in [-0.2, -0.15) is 0 Å². The molecule has 0 spiro atoms. The maximum absolute atomic E-state index is 13.1. The van der Waals surface area contributed by atoms with Gasteiger partial charge < -0.3 is 14.4 Å². The maximum atomic E-state index is 13.1. The van der Waals surface area contributed by atoms with E-state index in [-0.39, 0.29) is 29.6 Å². The second kappa shape index (κ2) is 7.94. The predicted molar refractivity (Wildman–Crippen MR) is 115 cm³/mol. The molecule has 1 saturated heterocycles. The van der Waals surface area contributed by atoms with Gasteiger partial charge in [0.15, 0.2) is 11.5 Å². The van der Waals surface area contributed by atoms with E-state index in [1.54, 1.807) is 29.2 Å². The first kappa shape index (κ1) is 19.4. The van der Waals surface area contributed by atoms with E-state index in [0.717, 1.165) is 35.3 Å². The molecule has 1 amide bonds. The van der Waals surface area contributed by atoms with Gasteiger partial charge in [0.25, 0.3) is 11.1 Å². The number of hydrogen-bond donors (Lipinski definition) is 1. The van der Waals surface area contributed by atoms with Crippen molar-refractivity contribution >= 4 is 16.7 Å². The van der Waals surface area contributed by atoms with Crippen LogP contribution >= 0.6 is 0 Å². The molecule has 8 heteroatoms. The Kier molecular flexibility index (Phi) is 4.97. The van der Waals surface area contributed by atoms with Crippen molar-refractivity contribution in [1.82, 2.24) is 14.7 Å². The van der Waals surface area contributed by atoms with Crippen LogP contribution < -0.4 is 20.6 Å². The highest BCUT2D eigenvalue weighted by Crippen LogP contribution is 2.38. The van der Waals surface area contributed by atoms with Crippen LogP contribution in [0.2, 0.25) is 0 Å². The number of likely N-dealkylation sites (tertiary alicyclic amines) is 1. The zero-order chi connectivity index (χ0) is 21.4. The topological polar surface area (TPSA) is 93.6 Å². The molecular weight excluding hydrogens is 398 g/mol. The third kappa shape index (κ3) is 3.58. The second-order valence-corrected chi connectivity index (χ2v) is 7.88. The summed E-state index contributed by atoms with van der Waals surface area (Å²) >= 11 is 0. The molecule has 0 saturated carbocycles. The SMILES string of the molecule is O=C(Cn1[nH]c(=O)c2ccccc2c1=O)N1CCCC1c1ccc2c(c1)OCCCO2. The lowest BCUT2D eigenvalue weighted by Crippen LogP contribution is -2.39. The molecule has 5 rings (SSSR count). The number of ether oxygens (including phenoxy) is 2. The van der Waals surface area contributed by atoms with E-state index in [4.69, 9.17) is 9.47 Å². The van der Waals surface area contributed by atoms with Crippen LogP contribution in [0.3, 0.4) is 0 Å². The van der Waals surface area contributed by atoms with Crippen molar-refractivity contribution in [3.8, 4) is 11.5 Å². The summed E-state index contributed by atoms with van der Waals surface area (Å²) in [5, 5.41) is 3.17. The quantitative estimate of drug-likeness (QED) is 0.700. The maximum Gasteiger partial charge on any atom is 0.273 e. The molecular formula is C23H23N3O5. The lowest BCUT2D eigenvalue weighted by Gasteiger charge is -2.26. The molecule has 1 fully saturated rings. The molecule has 1 N–H and O–H groups in total. The van der Waals surface area contributed by atoms with Crippen molar-refractivity contribution in [2.45, 2.75) is 31.8 Å². The van der Waals surface area contributed by atoms with E-state index in [1.165, 1.54) is 0 Å². The second-order valence-electron chi connectivity index (χ2n) is 7.88. The van der Waals surface area contributed by atoms with E-state index < -0.39 is 0 Å². The van der Waals surface area contributed by atoms with Crippen LogP contribution in [0.15, 0.2) is 52.1 Å². The number of aromatic nitrogens is 2. The van der Waals surface area contributed by atoms with Gasteiger partial charge in [-0.05, 0) is 42.7 Å². The molecule has 3 aromatic rings. The average Bonchev–Trinajstić information content (AvgIpc) is 3.16. The first-order chi connectivity index (χ1) is 15.1. The van der Waals surface area contributed by atoms with Gasteiger partial charge in [-0.3, -0.25) is 19.5 Å². The monoisotopic (exact) mass is 421 g/mol. The lowest BCUT2D eigenvalue weighted by atomic mass is 10.0. The molecule has 2 aliphatic rings. The van der Waals surface area contributed by atoms with Gasteiger partial charge in [0.05, 0.1) is 30.0 Å². The molecule has 1 unspecified atom stereocenters. The summed E-state index contributed by atoms with van der Waals surface area (Å²) in [5.74, 6) is 1.21. The van der Waals surface area contributed by atoms with Crippen molar-refractivity contribution < 1.29 is 14.3 Å². The normalized spacial score (nSPS) is 18.2. The van der Waals surface area contributed by atoms with E-state index in [2.05, 4.69) is 5.10 Å². The highest BCUT2D eigenvalue weighted by atomic mass is 16.5. The van der Waals surface area contributed by atoms with Gasteiger partial charge in [0, 0.05) is 13.0 Å². The largest absolute Gasteiger partial charge is 0.490 e. The molecule has 0 bridgehead atoms. The molecule has 1 aromatic heterocycles. The van der Waals surface area contributed by atoms with Crippen LogP contribution in [0, 0.1) is 0 Å². The molecule has 160 valence electrons. The third-order valence-electron chi connectivity index (χ3n) is 5.91. The molecule has 8 nitrogen and oxygen atoms in total. The number of fused-ring (bicyclic) bond motifs is 2. The highest BCUT2D eigenvalue weighted by molar-refractivity contribution is 5.81. The summed E-state index contributed by atoms with van der Waals surface area (Å²) in [5.41, 5.74) is 0.216. The Morgan fingerprint density at radius 3 is 2.61 bits per heavy atom. The Morgan fingerprint density at radius 2 is 1.77 bits per heavy atom. The molecule has 0 radical (unpaired) electrons. The molecule has 2 aromatic carbocycles. The van der Waals surface area contributed by atoms with Crippen LogP contribution in [0.1, 0.15) is 30.9 Å². The fraction of sp³-hybridized carbons (Fsp3) is 0.348. The standard InChI is InChI=1S/C23H23N3O5/c27-21(14-26-23(29)17-6-2-1-5-16(17)22(28)24-26)25-10-3-7-18(25)15-8-9-19-20(13-15)31-12-4-11-30-19/h1-2,5-6,8-9,13,18H,3-4,7,10-12,14H2,(H,24,28). The number of nitrogens with one attached hydrogen (secondary N) is 1. The fourth-order valence-electron chi connectivity index (χ4n) is 4.38. The number of hydrogen-bond acceptors (Lipinski definition) is 5. The van der Waals surface area contributed by atoms with Crippen molar-refractivity contribution in [2.24, 2.45) is 0 Å². The van der Waals surface area contributed by atoms with Crippen molar-refractivity contribution in [2.75, 3.05) is 19.8 Å². The summed E-state index contributed by atoms with van der Waals surface area (Å²) in [6.07, 6.45) is 2.53. The number of amides is 1. The highest BCUT2D eigenvalue weighted by Gasteiger charge is 2.31. The molecule has 31 heavy (non-hydrogen) atoms. The van der Waals surface area contributed by atoms with Crippen molar-refractivity contribution in [1.29, 1.82) is 0 Å². The molecule has 1 atom stereocenters. The third-order valence-corrected chi connectivity index (χ3v) is 5.91. The van der Waals surface area contributed by atoms with Gasteiger partial charge in [0.2, 0.25) is 5.91 Å². The minimum absolute atomic E-state index is 0.104. The van der Waals surface area contributed by atoms with Crippen LogP contribution in [0.25, 0.3) is 10.8 Å². The van der Waals surface area contributed by atoms with E-state index >= 15 is 0 Å². The zero-order valence-corrected chi connectivity index (χ0v) is 17.0. The van der Waals surface area contributed by atoms with Gasteiger partial charge in [-0.1, -0.05) is 18.2 Å². The van der Waals surface area contributed by atoms with Crippen LogP contribution in [0.5, 0.6) is 11.5 Å². The van der Waals surface area contributed by atoms with Crippen LogP contribution in [0.4, 0.5) is 0 Å². The Balaban J connectivity index is 1.42. The van der Waals surface area contributed by atoms with Gasteiger partial charge >= 0.3 is 0 Å². The first-order valence-corrected chi connectivity index (χ1v) is 10.5. The summed E-state index contributed by atoms with van der Waals surface area (Å²) in [6.45, 7) is 1.62. The Hall–Kier alpha value is -3.55. The van der Waals surface area contributed by atoms with E-state index in [0.29, 0.717) is 36.3 Å². The smallest absolute Gasteiger partial charge is 0.273 e. The van der Waals surface area contributed by atoms with Gasteiger partial charge in [-0.15, -0.1) is 0 Å².